The molecule has 0 bridgehead atoms. The molecule has 1 heteroatoms. The molecule has 0 radical (unpaired) electrons. The van der Waals surface area contributed by atoms with Crippen LogP contribution >= 0.6 is 0 Å². The molecular formula is C33H33N. The molecule has 2 aliphatic carbocycles. The van der Waals surface area contributed by atoms with Gasteiger partial charge in [-0.1, -0.05) is 108 Å². The van der Waals surface area contributed by atoms with Crippen LogP contribution in [0.1, 0.15) is 87.1 Å². The molecule has 170 valence electrons. The van der Waals surface area contributed by atoms with E-state index in [4.69, 9.17) is 0 Å². The SMILES string of the molecule is CC(C)(C)c1cc2c3c(ccc4cc(C(C)(C)C)cc(c43)[C@@H]3[C@@H](C#N)[C@H](c4ccccc4)[C@H]23)c1. The fourth-order valence-electron chi connectivity index (χ4n) is 6.56. The lowest BCUT2D eigenvalue weighted by Gasteiger charge is -2.53. The summed E-state index contributed by atoms with van der Waals surface area (Å²) in [5.74, 6) is 0.808. The first kappa shape index (κ1) is 21.4. The molecule has 0 aromatic heterocycles. The van der Waals surface area contributed by atoms with Crippen molar-refractivity contribution >= 4 is 21.5 Å². The number of fused-ring (bicyclic) bond motifs is 3. The molecule has 1 saturated carbocycles. The summed E-state index contributed by atoms with van der Waals surface area (Å²) in [5.41, 5.74) is 7.04. The lowest BCUT2D eigenvalue weighted by molar-refractivity contribution is 0.210. The molecule has 1 fully saturated rings. The van der Waals surface area contributed by atoms with Gasteiger partial charge in [-0.25, -0.2) is 0 Å². The smallest absolute Gasteiger partial charge is 0.0669 e. The quantitative estimate of drug-likeness (QED) is 0.270. The molecule has 0 heterocycles. The van der Waals surface area contributed by atoms with E-state index in [9.17, 15) is 5.26 Å². The topological polar surface area (TPSA) is 23.8 Å². The largest absolute Gasteiger partial charge is 0.198 e. The number of hydrogen-bond acceptors (Lipinski definition) is 1. The van der Waals surface area contributed by atoms with Crippen molar-refractivity contribution in [1.82, 2.24) is 0 Å². The zero-order chi connectivity index (χ0) is 24.0. The number of nitrogens with zero attached hydrogens (tertiary/aromatic N) is 1. The van der Waals surface area contributed by atoms with Gasteiger partial charge in [-0.3, -0.25) is 0 Å². The van der Waals surface area contributed by atoms with Crippen LogP contribution in [0, 0.1) is 17.2 Å². The van der Waals surface area contributed by atoms with E-state index >= 15 is 0 Å². The van der Waals surface area contributed by atoms with Gasteiger partial charge in [-0.05, 0) is 60.2 Å². The first-order valence-electron chi connectivity index (χ1n) is 12.6. The first-order valence-corrected chi connectivity index (χ1v) is 12.6. The van der Waals surface area contributed by atoms with Crippen LogP contribution in [-0.2, 0) is 10.8 Å². The minimum atomic E-state index is -0.00693. The molecule has 4 atom stereocenters. The highest BCUT2D eigenvalue weighted by Gasteiger charge is 2.55. The monoisotopic (exact) mass is 443 g/mol. The molecule has 4 aromatic carbocycles. The average molecular weight is 444 g/mol. The maximum atomic E-state index is 10.4. The molecule has 0 amide bonds. The predicted molar refractivity (Wildman–Crippen MR) is 143 cm³/mol. The number of hydrogen-bond donors (Lipinski definition) is 0. The Balaban J connectivity index is 1.72. The Bertz CT molecular complexity index is 1490. The summed E-state index contributed by atoms with van der Waals surface area (Å²) in [6, 6.07) is 27.8. The van der Waals surface area contributed by atoms with Crippen molar-refractivity contribution in [2.75, 3.05) is 0 Å². The van der Waals surface area contributed by atoms with Crippen molar-refractivity contribution in [3.05, 3.63) is 94.5 Å². The van der Waals surface area contributed by atoms with E-state index in [2.05, 4.69) is 114 Å². The molecule has 4 aromatic rings. The Morgan fingerprint density at radius 1 is 0.618 bits per heavy atom. The van der Waals surface area contributed by atoms with Crippen molar-refractivity contribution < 1.29 is 0 Å². The Labute approximate surface area is 203 Å². The van der Waals surface area contributed by atoms with Gasteiger partial charge in [0.05, 0.1) is 12.0 Å². The standard InChI is InChI=1S/C33H33N/c1-32(2,3)22-14-20-12-13-21-15-23(33(4,5)6)17-25-29(21)28(20)24(16-22)30-26(18-34)27(31(25)30)19-10-8-7-9-11-19/h7-17,26-27,30-31H,1-6H3/t26-,27-,30+,31-/m0/s1. The molecule has 6 rings (SSSR count). The van der Waals surface area contributed by atoms with E-state index in [1.54, 1.807) is 0 Å². The molecule has 0 saturated heterocycles. The van der Waals surface area contributed by atoms with E-state index in [-0.39, 0.29) is 28.6 Å². The second kappa shape index (κ2) is 6.96. The zero-order valence-corrected chi connectivity index (χ0v) is 21.1. The minimum Gasteiger partial charge on any atom is -0.198 e. The van der Waals surface area contributed by atoms with Gasteiger partial charge in [0.1, 0.15) is 0 Å². The van der Waals surface area contributed by atoms with Gasteiger partial charge in [0, 0.05) is 17.8 Å². The average Bonchev–Trinajstić information content (AvgIpc) is 2.77. The molecule has 34 heavy (non-hydrogen) atoms. The van der Waals surface area contributed by atoms with Crippen LogP contribution < -0.4 is 0 Å². The van der Waals surface area contributed by atoms with Crippen molar-refractivity contribution in [3.8, 4) is 6.07 Å². The van der Waals surface area contributed by atoms with Crippen molar-refractivity contribution in [2.24, 2.45) is 5.92 Å². The van der Waals surface area contributed by atoms with E-state index in [1.807, 2.05) is 0 Å². The Morgan fingerprint density at radius 3 is 1.59 bits per heavy atom. The fourth-order valence-corrected chi connectivity index (χ4v) is 6.56. The van der Waals surface area contributed by atoms with Crippen LogP contribution in [0.3, 0.4) is 0 Å². The highest BCUT2D eigenvalue weighted by molar-refractivity contribution is 6.13. The first-order chi connectivity index (χ1) is 16.1. The number of rotatable bonds is 1. The zero-order valence-electron chi connectivity index (χ0n) is 21.1. The molecule has 0 aliphatic heterocycles. The summed E-state index contributed by atoms with van der Waals surface area (Å²) in [4.78, 5) is 0. The van der Waals surface area contributed by atoms with Crippen LogP contribution in [0.2, 0.25) is 0 Å². The van der Waals surface area contributed by atoms with Crippen molar-refractivity contribution in [2.45, 2.75) is 70.1 Å². The predicted octanol–water partition coefficient (Wildman–Crippen LogP) is 8.71. The van der Waals surface area contributed by atoms with Gasteiger partial charge in [0.25, 0.3) is 0 Å². The molecule has 0 unspecified atom stereocenters. The molecule has 2 aliphatic rings. The molecule has 0 N–H and O–H groups in total. The lowest BCUT2D eigenvalue weighted by atomic mass is 9.48. The van der Waals surface area contributed by atoms with Gasteiger partial charge < -0.3 is 0 Å². The summed E-state index contributed by atoms with van der Waals surface area (Å²) in [5, 5.41) is 15.9. The maximum absolute atomic E-state index is 10.4. The Kier molecular flexibility index (Phi) is 4.38. The Morgan fingerprint density at radius 2 is 1.12 bits per heavy atom. The van der Waals surface area contributed by atoms with Gasteiger partial charge >= 0.3 is 0 Å². The van der Waals surface area contributed by atoms with E-state index in [0.29, 0.717) is 5.92 Å². The Hall–Kier alpha value is -3.11. The van der Waals surface area contributed by atoms with Crippen LogP contribution in [0.15, 0.2) is 66.7 Å². The van der Waals surface area contributed by atoms with E-state index in [1.165, 1.54) is 49.4 Å². The van der Waals surface area contributed by atoms with Gasteiger partial charge in [0.2, 0.25) is 0 Å². The normalized spacial score (nSPS) is 23.6. The van der Waals surface area contributed by atoms with Crippen molar-refractivity contribution in [1.29, 1.82) is 5.26 Å². The lowest BCUT2D eigenvalue weighted by Crippen LogP contribution is -2.42. The second-order valence-electron chi connectivity index (χ2n) is 12.5. The van der Waals surface area contributed by atoms with Crippen molar-refractivity contribution in [3.63, 3.8) is 0 Å². The maximum Gasteiger partial charge on any atom is 0.0669 e. The minimum absolute atomic E-state index is 0.00693. The van der Waals surface area contributed by atoms with Crippen LogP contribution in [0.5, 0.6) is 0 Å². The molecular weight excluding hydrogens is 410 g/mol. The molecule has 0 spiro atoms. The van der Waals surface area contributed by atoms with E-state index in [0.717, 1.165) is 0 Å². The second-order valence-corrected chi connectivity index (χ2v) is 12.5. The van der Waals surface area contributed by atoms with Crippen LogP contribution in [0.4, 0.5) is 0 Å². The van der Waals surface area contributed by atoms with E-state index < -0.39 is 0 Å². The summed E-state index contributed by atoms with van der Waals surface area (Å²) < 4.78 is 0. The summed E-state index contributed by atoms with van der Waals surface area (Å²) >= 11 is 0. The third kappa shape index (κ3) is 2.91. The van der Waals surface area contributed by atoms with Gasteiger partial charge in [0.15, 0.2) is 0 Å². The van der Waals surface area contributed by atoms with Gasteiger partial charge in [-0.2, -0.15) is 5.26 Å². The van der Waals surface area contributed by atoms with Crippen LogP contribution in [0.25, 0.3) is 21.5 Å². The number of benzene rings is 4. The fraction of sp³-hybridized carbons (Fsp3) is 0.364. The third-order valence-corrected chi connectivity index (χ3v) is 8.42. The molecule has 1 nitrogen and oxygen atoms in total. The summed E-state index contributed by atoms with van der Waals surface area (Å²) in [7, 11) is 0. The van der Waals surface area contributed by atoms with Gasteiger partial charge in [-0.15, -0.1) is 0 Å². The summed E-state index contributed by atoms with van der Waals surface area (Å²) in [6.07, 6.45) is 0. The third-order valence-electron chi connectivity index (χ3n) is 8.42. The summed E-state index contributed by atoms with van der Waals surface area (Å²) in [6.45, 7) is 13.8. The highest BCUT2D eigenvalue weighted by Crippen LogP contribution is 2.66. The number of nitriles is 1. The highest BCUT2D eigenvalue weighted by atomic mass is 14.6. The van der Waals surface area contributed by atoms with Crippen LogP contribution in [-0.4, -0.2) is 0 Å².